The third kappa shape index (κ3) is 4.59. The van der Waals surface area contributed by atoms with E-state index in [4.69, 9.17) is 19.3 Å². The number of rotatable bonds is 5. The van der Waals surface area contributed by atoms with Crippen LogP contribution >= 0.6 is 0 Å². The van der Waals surface area contributed by atoms with Gasteiger partial charge >= 0.3 is 0 Å². The van der Waals surface area contributed by atoms with Crippen LogP contribution in [0.2, 0.25) is 0 Å². The summed E-state index contributed by atoms with van der Waals surface area (Å²) in [5, 5.41) is 9.06. The number of anilines is 2. The van der Waals surface area contributed by atoms with Crippen LogP contribution in [0.3, 0.4) is 0 Å². The molecule has 33 heavy (non-hydrogen) atoms. The molecule has 9 nitrogen and oxygen atoms in total. The topological polar surface area (TPSA) is 83.7 Å². The second-order valence-corrected chi connectivity index (χ2v) is 8.99. The van der Waals surface area contributed by atoms with E-state index in [0.717, 1.165) is 91.9 Å². The molecule has 4 heterocycles. The van der Waals surface area contributed by atoms with Crippen molar-refractivity contribution in [3.8, 4) is 5.75 Å². The third-order valence-corrected chi connectivity index (χ3v) is 6.90. The van der Waals surface area contributed by atoms with Crippen LogP contribution in [0.1, 0.15) is 37.6 Å². The van der Waals surface area contributed by atoms with E-state index in [1.165, 1.54) is 6.42 Å². The van der Waals surface area contributed by atoms with E-state index < -0.39 is 0 Å². The van der Waals surface area contributed by atoms with E-state index in [-0.39, 0.29) is 0 Å². The number of ether oxygens (including phenoxy) is 1. The Kier molecular flexibility index (Phi) is 6.30. The molecule has 5 rings (SSSR count). The van der Waals surface area contributed by atoms with Crippen molar-refractivity contribution in [1.29, 1.82) is 0 Å². The maximum Gasteiger partial charge on any atom is 0.226 e. The molecule has 1 aromatic carbocycles. The van der Waals surface area contributed by atoms with Crippen LogP contribution in [-0.2, 0) is 0 Å². The predicted molar refractivity (Wildman–Crippen MR) is 128 cm³/mol. The van der Waals surface area contributed by atoms with Crippen LogP contribution in [0.15, 0.2) is 22.8 Å². The third-order valence-electron chi connectivity index (χ3n) is 6.90. The highest BCUT2D eigenvalue weighted by atomic mass is 16.6. The Balaban J connectivity index is 1.23. The number of fused-ring (bicyclic) bond motifs is 1. The Hall–Kier alpha value is -2.94. The monoisotopic (exact) mass is 451 g/mol. The highest BCUT2D eigenvalue weighted by Gasteiger charge is 2.28. The molecule has 2 aliphatic rings. The van der Waals surface area contributed by atoms with E-state index in [1.54, 1.807) is 0 Å². The van der Waals surface area contributed by atoms with Gasteiger partial charge in [-0.15, -0.1) is 0 Å². The molecule has 0 spiro atoms. The summed E-state index contributed by atoms with van der Waals surface area (Å²) in [5.41, 5.74) is 2.86. The van der Waals surface area contributed by atoms with Crippen molar-refractivity contribution in [1.82, 2.24) is 25.2 Å². The summed E-state index contributed by atoms with van der Waals surface area (Å²) in [5.74, 6) is 2.61. The maximum absolute atomic E-state index is 5.65. The number of aromatic nitrogens is 4. The number of hydrogen-bond acceptors (Lipinski definition) is 9. The van der Waals surface area contributed by atoms with Crippen molar-refractivity contribution in [2.75, 3.05) is 55.7 Å². The average molecular weight is 452 g/mol. The molecule has 0 bridgehead atoms. The van der Waals surface area contributed by atoms with Crippen LogP contribution in [0.5, 0.6) is 5.75 Å². The van der Waals surface area contributed by atoms with E-state index in [2.05, 4.69) is 31.9 Å². The summed E-state index contributed by atoms with van der Waals surface area (Å²) in [4.78, 5) is 17.1. The molecule has 0 saturated carbocycles. The molecule has 0 N–H and O–H groups in total. The molecule has 3 aromatic rings. The summed E-state index contributed by atoms with van der Waals surface area (Å²) >= 11 is 0. The van der Waals surface area contributed by atoms with Gasteiger partial charge in [0.25, 0.3) is 0 Å². The van der Waals surface area contributed by atoms with Crippen molar-refractivity contribution in [3.05, 3.63) is 29.6 Å². The molecule has 2 fully saturated rings. The maximum atomic E-state index is 5.65. The molecule has 9 heteroatoms. The molecular weight excluding hydrogens is 418 g/mol. The summed E-state index contributed by atoms with van der Waals surface area (Å²) in [7, 11) is 0. The summed E-state index contributed by atoms with van der Waals surface area (Å²) in [6.45, 7) is 12.7. The minimum atomic E-state index is 0.601. The SMILES string of the molecule is CCOc1ccc2nc(N3CCCC(N4CCN(c5nonc5C)CC4)CC3)nc(C)c2c1. The summed E-state index contributed by atoms with van der Waals surface area (Å²) < 4.78 is 10.5. The van der Waals surface area contributed by atoms with Crippen LogP contribution in [-0.4, -0.2) is 77.1 Å². The molecule has 1 unspecified atom stereocenters. The molecule has 176 valence electrons. The van der Waals surface area contributed by atoms with Crippen LogP contribution in [0, 0.1) is 13.8 Å². The van der Waals surface area contributed by atoms with Crippen molar-refractivity contribution >= 4 is 22.7 Å². The lowest BCUT2D eigenvalue weighted by Crippen LogP contribution is -2.50. The molecule has 0 aliphatic carbocycles. The number of nitrogens with zero attached hydrogens (tertiary/aromatic N) is 7. The molecule has 2 aromatic heterocycles. The zero-order chi connectivity index (χ0) is 22.8. The quantitative estimate of drug-likeness (QED) is 0.580. The second kappa shape index (κ2) is 9.51. The Morgan fingerprint density at radius 2 is 1.79 bits per heavy atom. The van der Waals surface area contributed by atoms with Gasteiger partial charge in [0, 0.05) is 50.7 Å². The van der Waals surface area contributed by atoms with Crippen molar-refractivity contribution in [3.63, 3.8) is 0 Å². The Labute approximate surface area is 194 Å². The van der Waals surface area contributed by atoms with E-state index in [9.17, 15) is 0 Å². The lowest BCUT2D eigenvalue weighted by atomic mass is 10.1. The highest BCUT2D eigenvalue weighted by molar-refractivity contribution is 5.83. The zero-order valence-electron chi connectivity index (χ0n) is 19.8. The van der Waals surface area contributed by atoms with Crippen LogP contribution in [0.25, 0.3) is 10.9 Å². The number of piperazine rings is 1. The zero-order valence-corrected chi connectivity index (χ0v) is 19.8. The smallest absolute Gasteiger partial charge is 0.226 e. The Morgan fingerprint density at radius 1 is 0.939 bits per heavy atom. The first kappa shape index (κ1) is 21.9. The fraction of sp³-hybridized carbons (Fsp3) is 0.583. The lowest BCUT2D eigenvalue weighted by Gasteiger charge is -2.39. The first-order chi connectivity index (χ1) is 16.1. The minimum absolute atomic E-state index is 0.601. The second-order valence-electron chi connectivity index (χ2n) is 8.99. The average Bonchev–Trinajstić information content (AvgIpc) is 3.11. The van der Waals surface area contributed by atoms with Gasteiger partial charge in [0.1, 0.15) is 11.4 Å². The van der Waals surface area contributed by atoms with Gasteiger partial charge in [-0.25, -0.2) is 14.6 Å². The first-order valence-electron chi connectivity index (χ1n) is 12.1. The van der Waals surface area contributed by atoms with Crippen molar-refractivity contribution in [2.24, 2.45) is 0 Å². The highest BCUT2D eigenvalue weighted by Crippen LogP contribution is 2.27. The van der Waals surface area contributed by atoms with Gasteiger partial charge in [-0.1, -0.05) is 5.16 Å². The van der Waals surface area contributed by atoms with E-state index >= 15 is 0 Å². The van der Waals surface area contributed by atoms with Gasteiger partial charge in [-0.3, -0.25) is 4.90 Å². The number of aryl methyl sites for hydroxylation is 2. The predicted octanol–water partition coefficient (Wildman–Crippen LogP) is 3.21. The number of benzene rings is 1. The van der Waals surface area contributed by atoms with Crippen molar-refractivity contribution < 1.29 is 9.37 Å². The van der Waals surface area contributed by atoms with E-state index in [0.29, 0.717) is 12.6 Å². The molecule has 1 atom stereocenters. The van der Waals surface area contributed by atoms with Gasteiger partial charge in [0.2, 0.25) is 5.95 Å². The fourth-order valence-electron chi connectivity index (χ4n) is 5.10. The Bertz CT molecular complexity index is 1090. The fourth-order valence-corrected chi connectivity index (χ4v) is 5.10. The molecule has 2 aliphatic heterocycles. The number of hydrogen-bond donors (Lipinski definition) is 0. The van der Waals surface area contributed by atoms with Crippen LogP contribution < -0.4 is 14.5 Å². The molecule has 2 saturated heterocycles. The minimum Gasteiger partial charge on any atom is -0.494 e. The lowest BCUT2D eigenvalue weighted by molar-refractivity contribution is 0.171. The van der Waals surface area contributed by atoms with E-state index in [1.807, 2.05) is 32.0 Å². The Morgan fingerprint density at radius 3 is 2.55 bits per heavy atom. The molecular formula is C24H33N7O2. The van der Waals surface area contributed by atoms with Gasteiger partial charge < -0.3 is 14.5 Å². The molecule has 0 radical (unpaired) electrons. The van der Waals surface area contributed by atoms with Gasteiger partial charge in [0.15, 0.2) is 5.82 Å². The van der Waals surface area contributed by atoms with Gasteiger partial charge in [-0.2, -0.15) is 0 Å². The van der Waals surface area contributed by atoms with Gasteiger partial charge in [0.05, 0.1) is 17.8 Å². The standard InChI is InChI=1S/C24H33N7O2/c1-4-32-20-7-8-22-21(16-20)17(2)25-24(26-22)31-10-5-6-19(9-11-31)29-12-14-30(15-13-29)23-18(3)27-33-28-23/h7-8,16,19H,4-6,9-15H2,1-3H3. The summed E-state index contributed by atoms with van der Waals surface area (Å²) in [6.07, 6.45) is 3.50. The molecule has 0 amide bonds. The van der Waals surface area contributed by atoms with Crippen LogP contribution in [0.4, 0.5) is 11.8 Å². The first-order valence-corrected chi connectivity index (χ1v) is 12.1. The summed E-state index contributed by atoms with van der Waals surface area (Å²) in [6, 6.07) is 6.69. The van der Waals surface area contributed by atoms with Crippen molar-refractivity contribution in [2.45, 2.75) is 46.1 Å². The largest absolute Gasteiger partial charge is 0.494 e. The van der Waals surface area contributed by atoms with Gasteiger partial charge in [-0.05, 0) is 63.4 Å². The normalized spacial score (nSPS) is 20.3.